The fraction of sp³-hybridized carbons (Fsp3) is 0.172. The molecule has 0 saturated carbocycles. The zero-order valence-corrected chi connectivity index (χ0v) is 20.3. The zero-order valence-electron chi connectivity index (χ0n) is 20.3. The molecule has 0 spiro atoms. The molecule has 0 fully saturated rings. The molecule has 0 saturated heterocycles. The molecule has 0 atom stereocenters. The number of anilines is 1. The maximum absolute atomic E-state index is 12.6. The van der Waals surface area contributed by atoms with Crippen LogP contribution in [0.2, 0.25) is 0 Å². The minimum atomic E-state index is -0.448. The molecule has 0 aliphatic heterocycles. The summed E-state index contributed by atoms with van der Waals surface area (Å²) in [6, 6.07) is 21.4. The Hall–Kier alpha value is -4.52. The number of nitrogens with one attached hydrogen (secondary N) is 1. The Kier molecular flexibility index (Phi) is 7.39. The summed E-state index contributed by atoms with van der Waals surface area (Å²) in [5.41, 5.74) is 4.68. The Bertz CT molecular complexity index is 1440. The first-order chi connectivity index (χ1) is 17.3. The van der Waals surface area contributed by atoms with Crippen LogP contribution in [-0.2, 0) is 9.53 Å². The van der Waals surface area contributed by atoms with Crippen LogP contribution in [0, 0.1) is 6.92 Å². The van der Waals surface area contributed by atoms with Gasteiger partial charge in [-0.15, -0.1) is 0 Å². The molecule has 4 rings (SSSR count). The van der Waals surface area contributed by atoms with Crippen molar-refractivity contribution in [1.29, 1.82) is 0 Å². The molecule has 7 nitrogen and oxygen atoms in total. The predicted molar refractivity (Wildman–Crippen MR) is 138 cm³/mol. The van der Waals surface area contributed by atoms with E-state index in [-0.39, 0.29) is 24.9 Å². The van der Waals surface area contributed by atoms with Crippen LogP contribution in [0.3, 0.4) is 0 Å². The van der Waals surface area contributed by atoms with Gasteiger partial charge in [0, 0.05) is 28.3 Å². The average Bonchev–Trinajstić information content (AvgIpc) is 2.87. The van der Waals surface area contributed by atoms with E-state index in [1.165, 1.54) is 6.92 Å². The van der Waals surface area contributed by atoms with Gasteiger partial charge in [0.05, 0.1) is 23.4 Å². The highest BCUT2D eigenvalue weighted by atomic mass is 16.5. The van der Waals surface area contributed by atoms with Gasteiger partial charge in [-0.25, -0.2) is 9.78 Å². The van der Waals surface area contributed by atoms with Gasteiger partial charge >= 0.3 is 5.97 Å². The lowest BCUT2D eigenvalue weighted by molar-refractivity contribution is -0.118. The quantitative estimate of drug-likeness (QED) is 0.259. The number of fused-ring (bicyclic) bond motifs is 1. The van der Waals surface area contributed by atoms with E-state index in [0.717, 1.165) is 11.1 Å². The molecule has 1 heterocycles. The molecule has 4 aromatic rings. The lowest BCUT2D eigenvalue weighted by Gasteiger charge is -2.13. The molecule has 0 bridgehead atoms. The Balaban J connectivity index is 1.64. The van der Waals surface area contributed by atoms with Gasteiger partial charge in [-0.05, 0) is 51.1 Å². The summed E-state index contributed by atoms with van der Waals surface area (Å²) in [6.07, 6.45) is 0. The predicted octanol–water partition coefficient (Wildman–Crippen LogP) is 5.61. The fourth-order valence-corrected chi connectivity index (χ4v) is 3.68. The fourth-order valence-electron chi connectivity index (χ4n) is 3.68. The Morgan fingerprint density at radius 3 is 2.42 bits per heavy atom. The van der Waals surface area contributed by atoms with Gasteiger partial charge < -0.3 is 14.8 Å². The van der Waals surface area contributed by atoms with Crippen molar-refractivity contribution >= 4 is 34.3 Å². The third kappa shape index (κ3) is 5.75. The first-order valence-electron chi connectivity index (χ1n) is 11.6. The van der Waals surface area contributed by atoms with E-state index >= 15 is 0 Å². The maximum Gasteiger partial charge on any atom is 0.338 e. The molecule has 1 N–H and O–H groups in total. The molecule has 0 unspecified atom stereocenters. The Labute approximate surface area is 209 Å². The van der Waals surface area contributed by atoms with Crippen LogP contribution in [0.4, 0.5) is 5.69 Å². The van der Waals surface area contributed by atoms with Crippen molar-refractivity contribution in [1.82, 2.24) is 4.98 Å². The number of carbonyl (C=O) groups is 3. The number of rotatable bonds is 8. The number of hydrogen-bond acceptors (Lipinski definition) is 6. The second-order valence-corrected chi connectivity index (χ2v) is 8.30. The number of amides is 1. The molecule has 182 valence electrons. The summed E-state index contributed by atoms with van der Waals surface area (Å²) in [7, 11) is 0. The summed E-state index contributed by atoms with van der Waals surface area (Å²) in [4.78, 5) is 41.3. The number of ether oxygens (including phenoxy) is 2. The van der Waals surface area contributed by atoms with Gasteiger partial charge in [0.25, 0.3) is 5.91 Å². The topological polar surface area (TPSA) is 94.6 Å². The highest BCUT2D eigenvalue weighted by Gasteiger charge is 2.15. The van der Waals surface area contributed by atoms with Crippen molar-refractivity contribution in [2.45, 2.75) is 20.8 Å². The van der Waals surface area contributed by atoms with Crippen molar-refractivity contribution < 1.29 is 23.9 Å². The lowest BCUT2D eigenvalue weighted by Crippen LogP contribution is -2.20. The van der Waals surface area contributed by atoms with Gasteiger partial charge in [-0.1, -0.05) is 42.0 Å². The summed E-state index contributed by atoms with van der Waals surface area (Å²) < 4.78 is 11.1. The molecule has 1 amide bonds. The van der Waals surface area contributed by atoms with Gasteiger partial charge in [-0.3, -0.25) is 9.59 Å². The summed E-state index contributed by atoms with van der Waals surface area (Å²) in [6.45, 7) is 5.20. The van der Waals surface area contributed by atoms with Crippen LogP contribution in [0.1, 0.15) is 40.1 Å². The first-order valence-corrected chi connectivity index (χ1v) is 11.6. The molecule has 36 heavy (non-hydrogen) atoms. The van der Waals surface area contributed by atoms with Crippen LogP contribution in [0.25, 0.3) is 22.2 Å². The monoisotopic (exact) mass is 482 g/mol. The SMILES string of the molecule is CCOC(=O)c1ccc2nc(-c3ccc(C)cc3)cc(OCC(=O)Nc3cccc(C(C)=O)c3)c2c1. The van der Waals surface area contributed by atoms with Crippen LogP contribution in [0.5, 0.6) is 5.75 Å². The largest absolute Gasteiger partial charge is 0.483 e. The van der Waals surface area contributed by atoms with Gasteiger partial charge in [0.1, 0.15) is 5.75 Å². The molecular weight excluding hydrogens is 456 g/mol. The van der Waals surface area contributed by atoms with Gasteiger partial charge in [0.15, 0.2) is 12.4 Å². The molecule has 3 aromatic carbocycles. The first kappa shape index (κ1) is 24.6. The van der Waals surface area contributed by atoms with Crippen LogP contribution in [0.15, 0.2) is 72.8 Å². The minimum absolute atomic E-state index is 0.0911. The minimum Gasteiger partial charge on any atom is -0.483 e. The number of benzene rings is 3. The Morgan fingerprint density at radius 1 is 0.917 bits per heavy atom. The van der Waals surface area contributed by atoms with Crippen LogP contribution < -0.4 is 10.1 Å². The second-order valence-electron chi connectivity index (χ2n) is 8.30. The number of nitrogens with zero attached hydrogens (tertiary/aromatic N) is 1. The van der Waals surface area contributed by atoms with Crippen LogP contribution in [-0.4, -0.2) is 35.9 Å². The standard InChI is InChI=1S/C29H26N2O5/c1-4-35-29(34)22-12-13-25-24(15-22)27(16-26(31-25)20-10-8-18(2)9-11-20)36-17-28(33)30-23-7-5-6-21(14-23)19(3)32/h5-16H,4,17H2,1-3H3,(H,30,33). The summed E-state index contributed by atoms with van der Waals surface area (Å²) in [5, 5.41) is 3.33. The number of carbonyl (C=O) groups excluding carboxylic acids is 3. The molecule has 0 aliphatic rings. The van der Waals surface area contributed by atoms with E-state index in [1.807, 2.05) is 31.2 Å². The van der Waals surface area contributed by atoms with E-state index in [1.54, 1.807) is 55.5 Å². The molecule has 0 radical (unpaired) electrons. The number of aromatic nitrogens is 1. The van der Waals surface area contributed by atoms with E-state index in [4.69, 9.17) is 14.5 Å². The van der Waals surface area contributed by atoms with Gasteiger partial charge in [0.2, 0.25) is 0 Å². The molecule has 0 aliphatic carbocycles. The summed E-state index contributed by atoms with van der Waals surface area (Å²) in [5.74, 6) is -0.517. The van der Waals surface area contributed by atoms with Crippen molar-refractivity contribution in [3.8, 4) is 17.0 Å². The lowest BCUT2D eigenvalue weighted by atomic mass is 10.1. The molecular formula is C29H26N2O5. The van der Waals surface area contributed by atoms with Crippen molar-refractivity contribution in [3.63, 3.8) is 0 Å². The van der Waals surface area contributed by atoms with Crippen LogP contribution >= 0.6 is 0 Å². The van der Waals surface area contributed by atoms with E-state index in [0.29, 0.717) is 39.2 Å². The highest BCUT2D eigenvalue weighted by molar-refractivity contribution is 5.99. The van der Waals surface area contributed by atoms with Gasteiger partial charge in [-0.2, -0.15) is 0 Å². The normalized spacial score (nSPS) is 10.6. The zero-order chi connectivity index (χ0) is 25.7. The van der Waals surface area contributed by atoms with Crippen molar-refractivity contribution in [2.24, 2.45) is 0 Å². The van der Waals surface area contributed by atoms with E-state index in [2.05, 4.69) is 5.32 Å². The number of esters is 1. The third-order valence-electron chi connectivity index (χ3n) is 5.54. The smallest absolute Gasteiger partial charge is 0.338 e. The molecule has 7 heteroatoms. The number of pyridine rings is 1. The maximum atomic E-state index is 12.6. The highest BCUT2D eigenvalue weighted by Crippen LogP contribution is 2.31. The Morgan fingerprint density at radius 2 is 1.69 bits per heavy atom. The number of hydrogen-bond donors (Lipinski definition) is 1. The third-order valence-corrected chi connectivity index (χ3v) is 5.54. The summed E-state index contributed by atoms with van der Waals surface area (Å²) >= 11 is 0. The second kappa shape index (κ2) is 10.8. The van der Waals surface area contributed by atoms with Crippen molar-refractivity contribution in [3.05, 3.63) is 89.5 Å². The number of aryl methyl sites for hydroxylation is 1. The van der Waals surface area contributed by atoms with E-state index in [9.17, 15) is 14.4 Å². The average molecular weight is 483 g/mol. The van der Waals surface area contributed by atoms with Crippen molar-refractivity contribution in [2.75, 3.05) is 18.5 Å². The van der Waals surface area contributed by atoms with E-state index < -0.39 is 5.97 Å². The molecule has 1 aromatic heterocycles. The number of Topliss-reactive ketones (excluding diaryl/α,β-unsaturated/α-hetero) is 1. The number of ketones is 1.